The molecular formula is C14H18N2. The van der Waals surface area contributed by atoms with Crippen LogP contribution in [0.3, 0.4) is 0 Å². The van der Waals surface area contributed by atoms with Crippen molar-refractivity contribution in [1.82, 2.24) is 0 Å². The number of hydrogen-bond acceptors (Lipinski definition) is 2. The van der Waals surface area contributed by atoms with Crippen LogP contribution >= 0.6 is 0 Å². The van der Waals surface area contributed by atoms with Crippen molar-refractivity contribution in [2.45, 2.75) is 39.2 Å². The Morgan fingerprint density at radius 2 is 2.19 bits per heavy atom. The number of benzene rings is 1. The number of nitrogens with one attached hydrogen (secondary N) is 1. The van der Waals surface area contributed by atoms with E-state index in [-0.39, 0.29) is 0 Å². The van der Waals surface area contributed by atoms with Gasteiger partial charge in [-0.05, 0) is 55.9 Å². The summed E-state index contributed by atoms with van der Waals surface area (Å²) in [6.07, 6.45) is 3.85. The number of aryl methyl sites for hydroxylation is 1. The highest BCUT2D eigenvalue weighted by Crippen LogP contribution is 2.27. The van der Waals surface area contributed by atoms with Gasteiger partial charge in [0.05, 0.1) is 11.6 Å². The molecule has 0 aromatic heterocycles. The van der Waals surface area contributed by atoms with E-state index in [0.717, 1.165) is 22.7 Å². The van der Waals surface area contributed by atoms with E-state index in [1.807, 2.05) is 19.1 Å². The maximum absolute atomic E-state index is 8.86. The van der Waals surface area contributed by atoms with Gasteiger partial charge in [0, 0.05) is 11.7 Å². The summed E-state index contributed by atoms with van der Waals surface area (Å²) < 4.78 is 0. The first-order valence-electron chi connectivity index (χ1n) is 5.96. The Kier molecular flexibility index (Phi) is 3.14. The molecular weight excluding hydrogens is 196 g/mol. The number of rotatable bonds is 2. The van der Waals surface area contributed by atoms with Gasteiger partial charge in [-0.2, -0.15) is 5.26 Å². The summed E-state index contributed by atoms with van der Waals surface area (Å²) in [6, 6.07) is 8.79. The molecule has 1 fully saturated rings. The molecule has 1 aliphatic carbocycles. The number of nitriles is 1. The lowest BCUT2D eigenvalue weighted by Gasteiger charge is -2.14. The van der Waals surface area contributed by atoms with Gasteiger partial charge in [0.2, 0.25) is 0 Å². The van der Waals surface area contributed by atoms with Gasteiger partial charge >= 0.3 is 0 Å². The molecule has 1 aromatic carbocycles. The minimum absolute atomic E-state index is 0.613. The van der Waals surface area contributed by atoms with Crippen molar-refractivity contribution in [3.05, 3.63) is 29.3 Å². The summed E-state index contributed by atoms with van der Waals surface area (Å²) in [5, 5.41) is 12.4. The average Bonchev–Trinajstić information content (AvgIpc) is 2.64. The lowest BCUT2D eigenvalue weighted by molar-refractivity contribution is 0.602. The third-order valence-corrected chi connectivity index (χ3v) is 3.41. The third kappa shape index (κ3) is 2.36. The zero-order valence-corrected chi connectivity index (χ0v) is 9.96. The molecule has 2 rings (SSSR count). The van der Waals surface area contributed by atoms with Crippen LogP contribution in [0.25, 0.3) is 0 Å². The highest BCUT2D eigenvalue weighted by Gasteiger charge is 2.20. The predicted octanol–water partition coefficient (Wildman–Crippen LogP) is 3.47. The van der Waals surface area contributed by atoms with Crippen molar-refractivity contribution < 1.29 is 0 Å². The minimum atomic E-state index is 0.613. The highest BCUT2D eigenvalue weighted by molar-refractivity contribution is 5.52. The normalized spacial score (nSPS) is 24.1. The molecule has 1 aromatic rings. The molecule has 16 heavy (non-hydrogen) atoms. The molecule has 0 saturated heterocycles. The van der Waals surface area contributed by atoms with Crippen LogP contribution in [0.5, 0.6) is 0 Å². The number of nitrogens with zero attached hydrogens (tertiary/aromatic N) is 1. The Morgan fingerprint density at radius 1 is 1.38 bits per heavy atom. The third-order valence-electron chi connectivity index (χ3n) is 3.41. The van der Waals surface area contributed by atoms with Crippen molar-refractivity contribution in [1.29, 1.82) is 5.26 Å². The molecule has 0 radical (unpaired) electrons. The Morgan fingerprint density at radius 3 is 2.75 bits per heavy atom. The van der Waals surface area contributed by atoms with Crippen LogP contribution in [-0.2, 0) is 0 Å². The van der Waals surface area contributed by atoms with Crippen LogP contribution < -0.4 is 5.32 Å². The van der Waals surface area contributed by atoms with Crippen molar-refractivity contribution in [3.63, 3.8) is 0 Å². The monoisotopic (exact) mass is 214 g/mol. The lowest BCUT2D eigenvalue weighted by atomic mass is 10.1. The second kappa shape index (κ2) is 4.57. The quantitative estimate of drug-likeness (QED) is 0.818. The first-order valence-corrected chi connectivity index (χ1v) is 5.96. The SMILES string of the molecule is Cc1cc(NC2CCC(C)C2)ccc1C#N. The fourth-order valence-electron chi connectivity index (χ4n) is 2.45. The van der Waals surface area contributed by atoms with Crippen LogP contribution in [0.4, 0.5) is 5.69 Å². The van der Waals surface area contributed by atoms with Gasteiger partial charge < -0.3 is 5.32 Å². The Hall–Kier alpha value is -1.49. The summed E-state index contributed by atoms with van der Waals surface area (Å²) in [5.74, 6) is 0.844. The minimum Gasteiger partial charge on any atom is -0.382 e. The van der Waals surface area contributed by atoms with Gasteiger partial charge in [0.25, 0.3) is 0 Å². The predicted molar refractivity (Wildman–Crippen MR) is 66.3 cm³/mol. The molecule has 1 saturated carbocycles. The summed E-state index contributed by atoms with van der Waals surface area (Å²) in [7, 11) is 0. The molecule has 0 aliphatic heterocycles. The molecule has 2 unspecified atom stereocenters. The summed E-state index contributed by atoms with van der Waals surface area (Å²) in [4.78, 5) is 0. The van der Waals surface area contributed by atoms with E-state index in [2.05, 4.69) is 24.4 Å². The van der Waals surface area contributed by atoms with Crippen molar-refractivity contribution in [2.75, 3.05) is 5.32 Å². The van der Waals surface area contributed by atoms with E-state index >= 15 is 0 Å². The van der Waals surface area contributed by atoms with E-state index in [4.69, 9.17) is 5.26 Å². The van der Waals surface area contributed by atoms with Crippen molar-refractivity contribution in [2.24, 2.45) is 5.92 Å². The molecule has 0 heterocycles. The number of anilines is 1. The molecule has 0 spiro atoms. The van der Waals surface area contributed by atoms with Gasteiger partial charge in [-0.3, -0.25) is 0 Å². The Balaban J connectivity index is 2.05. The molecule has 0 amide bonds. The van der Waals surface area contributed by atoms with E-state index in [1.165, 1.54) is 19.3 Å². The fourth-order valence-corrected chi connectivity index (χ4v) is 2.45. The largest absolute Gasteiger partial charge is 0.382 e. The molecule has 2 nitrogen and oxygen atoms in total. The van der Waals surface area contributed by atoms with Crippen molar-refractivity contribution >= 4 is 5.69 Å². The molecule has 2 heteroatoms. The van der Waals surface area contributed by atoms with E-state index in [0.29, 0.717) is 6.04 Å². The van der Waals surface area contributed by atoms with Crippen LogP contribution in [0.2, 0.25) is 0 Å². The maximum Gasteiger partial charge on any atom is 0.0994 e. The van der Waals surface area contributed by atoms with Crippen molar-refractivity contribution in [3.8, 4) is 6.07 Å². The molecule has 84 valence electrons. The lowest BCUT2D eigenvalue weighted by Crippen LogP contribution is -2.15. The van der Waals surface area contributed by atoms with Gasteiger partial charge in [-0.1, -0.05) is 6.92 Å². The standard InChI is InChI=1S/C14H18N2/c1-10-3-5-13(7-10)16-14-6-4-12(9-15)11(2)8-14/h4,6,8,10,13,16H,3,5,7H2,1-2H3. The van der Waals surface area contributed by atoms with Crippen LogP contribution in [0.1, 0.15) is 37.3 Å². The summed E-state index contributed by atoms with van der Waals surface area (Å²) in [6.45, 7) is 4.30. The second-order valence-corrected chi connectivity index (χ2v) is 4.90. The molecule has 1 N–H and O–H groups in total. The van der Waals surface area contributed by atoms with E-state index < -0.39 is 0 Å². The molecule has 2 atom stereocenters. The van der Waals surface area contributed by atoms with E-state index in [9.17, 15) is 0 Å². The fraction of sp³-hybridized carbons (Fsp3) is 0.500. The summed E-state index contributed by atoms with van der Waals surface area (Å²) >= 11 is 0. The van der Waals surface area contributed by atoms with Crippen LogP contribution in [0, 0.1) is 24.2 Å². The zero-order chi connectivity index (χ0) is 11.5. The topological polar surface area (TPSA) is 35.8 Å². The molecule has 0 bridgehead atoms. The van der Waals surface area contributed by atoms with Gasteiger partial charge in [0.15, 0.2) is 0 Å². The number of hydrogen-bond donors (Lipinski definition) is 1. The maximum atomic E-state index is 8.86. The van der Waals surface area contributed by atoms with Crippen LogP contribution in [0.15, 0.2) is 18.2 Å². The van der Waals surface area contributed by atoms with Gasteiger partial charge in [-0.15, -0.1) is 0 Å². The zero-order valence-electron chi connectivity index (χ0n) is 9.96. The smallest absolute Gasteiger partial charge is 0.0994 e. The van der Waals surface area contributed by atoms with Gasteiger partial charge in [0.1, 0.15) is 0 Å². The van der Waals surface area contributed by atoms with E-state index in [1.54, 1.807) is 0 Å². The molecule has 1 aliphatic rings. The van der Waals surface area contributed by atoms with Gasteiger partial charge in [-0.25, -0.2) is 0 Å². The summed E-state index contributed by atoms with van der Waals surface area (Å²) in [5.41, 5.74) is 2.97. The average molecular weight is 214 g/mol. The second-order valence-electron chi connectivity index (χ2n) is 4.90. The van der Waals surface area contributed by atoms with Crippen LogP contribution in [-0.4, -0.2) is 6.04 Å². The first-order chi connectivity index (χ1) is 7.69. The Labute approximate surface area is 97.3 Å². The highest BCUT2D eigenvalue weighted by atomic mass is 14.9. The Bertz CT molecular complexity index is 417. The first kappa shape index (κ1) is 11.0.